The van der Waals surface area contributed by atoms with Crippen LogP contribution in [0.15, 0.2) is 53.2 Å². The van der Waals surface area contributed by atoms with Crippen LogP contribution in [0.4, 0.5) is 5.69 Å². The van der Waals surface area contributed by atoms with E-state index in [-0.39, 0.29) is 16.5 Å². The molecule has 0 saturated carbocycles. The van der Waals surface area contributed by atoms with Gasteiger partial charge in [-0.2, -0.15) is 0 Å². The molecule has 22 heavy (non-hydrogen) atoms. The van der Waals surface area contributed by atoms with Crippen molar-refractivity contribution in [2.45, 2.75) is 0 Å². The highest BCUT2D eigenvalue weighted by Crippen LogP contribution is 2.32. The number of benzene rings is 2. The molecule has 2 aromatic carbocycles. The number of Topliss-reactive ketones (excluding diaryl/α,β-unsaturated/α-hetero) is 2. The first-order valence-electron chi connectivity index (χ1n) is 6.29. The number of allylic oxidation sites excluding steroid dienone is 2. The molecule has 0 bridgehead atoms. The third kappa shape index (κ3) is 2.52. The molecule has 0 spiro atoms. The fourth-order valence-electron chi connectivity index (χ4n) is 2.18. The number of fused-ring (bicyclic) bond motifs is 1. The predicted octanol–water partition coefficient (Wildman–Crippen LogP) is 4.93. The van der Waals surface area contributed by atoms with E-state index in [0.717, 1.165) is 0 Å². The van der Waals surface area contributed by atoms with E-state index in [1.165, 1.54) is 6.07 Å². The van der Waals surface area contributed by atoms with Crippen LogP contribution in [-0.4, -0.2) is 11.6 Å². The fraction of sp³-hybridized carbons (Fsp3) is 0. The Kier molecular flexibility index (Phi) is 3.96. The molecule has 110 valence electrons. The highest BCUT2D eigenvalue weighted by atomic mass is 35.5. The number of hydrogen-bond donors (Lipinski definition) is 1. The van der Waals surface area contributed by atoms with Crippen LogP contribution in [0.2, 0.25) is 10.0 Å². The summed E-state index contributed by atoms with van der Waals surface area (Å²) < 4.78 is 0. The molecule has 3 rings (SSSR count). The number of hydrogen-bond acceptors (Lipinski definition) is 3. The topological polar surface area (TPSA) is 46.2 Å². The van der Waals surface area contributed by atoms with Gasteiger partial charge >= 0.3 is 0 Å². The van der Waals surface area contributed by atoms with Crippen LogP contribution in [0.1, 0.15) is 20.7 Å². The maximum atomic E-state index is 12.5. The Morgan fingerprint density at radius 2 is 1.45 bits per heavy atom. The number of carbonyl (C=O) groups excluding carboxylic acids is 2. The van der Waals surface area contributed by atoms with Gasteiger partial charge in [-0.25, -0.2) is 0 Å². The molecule has 6 heteroatoms. The third-order valence-corrected chi connectivity index (χ3v) is 4.16. The summed E-state index contributed by atoms with van der Waals surface area (Å²) in [4.78, 5) is 24.8. The summed E-state index contributed by atoms with van der Waals surface area (Å²) in [6.45, 7) is 0. The van der Waals surface area contributed by atoms with Gasteiger partial charge in [-0.3, -0.25) is 9.59 Å². The van der Waals surface area contributed by atoms with Crippen LogP contribution in [0.25, 0.3) is 0 Å². The van der Waals surface area contributed by atoms with E-state index in [9.17, 15) is 9.59 Å². The molecule has 1 N–H and O–H groups in total. The molecule has 1 aliphatic carbocycles. The van der Waals surface area contributed by atoms with Crippen LogP contribution in [-0.2, 0) is 0 Å². The lowest BCUT2D eigenvalue weighted by molar-refractivity contribution is 0.0982. The molecular formula is C16H8Cl3NO2. The van der Waals surface area contributed by atoms with Gasteiger partial charge < -0.3 is 5.32 Å². The van der Waals surface area contributed by atoms with Gasteiger partial charge in [0.15, 0.2) is 0 Å². The summed E-state index contributed by atoms with van der Waals surface area (Å²) in [5.41, 5.74) is 1.06. The average Bonchev–Trinajstić information content (AvgIpc) is 2.51. The minimum absolute atomic E-state index is 0.00888. The Hall–Kier alpha value is -1.81. The van der Waals surface area contributed by atoms with Crippen molar-refractivity contribution >= 4 is 52.1 Å². The van der Waals surface area contributed by atoms with Gasteiger partial charge in [0.2, 0.25) is 11.6 Å². The van der Waals surface area contributed by atoms with E-state index in [1.54, 1.807) is 36.4 Å². The van der Waals surface area contributed by atoms with Crippen LogP contribution in [0.3, 0.4) is 0 Å². The summed E-state index contributed by atoms with van der Waals surface area (Å²) in [5.74, 6) is -0.754. The lowest BCUT2D eigenvalue weighted by Gasteiger charge is -2.19. The number of anilines is 1. The largest absolute Gasteiger partial charge is 0.350 e. The van der Waals surface area contributed by atoms with Gasteiger partial charge in [0.1, 0.15) is 10.7 Å². The van der Waals surface area contributed by atoms with Gasteiger partial charge in [0.05, 0.1) is 10.7 Å². The lowest BCUT2D eigenvalue weighted by atomic mass is 9.92. The minimum Gasteiger partial charge on any atom is -0.350 e. The second kappa shape index (κ2) is 5.76. The minimum atomic E-state index is -0.399. The van der Waals surface area contributed by atoms with E-state index < -0.39 is 5.78 Å². The standard InChI is InChI=1S/C16H8Cl3NO2/c17-8-5-6-12(11(18)7-8)20-14-13(19)15(21)9-3-1-2-4-10(9)16(14)22/h1-7,20H. The first kappa shape index (κ1) is 15.1. The highest BCUT2D eigenvalue weighted by Gasteiger charge is 2.31. The first-order chi connectivity index (χ1) is 10.5. The Bertz CT molecular complexity index is 843. The summed E-state index contributed by atoms with van der Waals surface area (Å²) in [7, 11) is 0. The zero-order valence-corrected chi connectivity index (χ0v) is 13.3. The Labute approximate surface area is 141 Å². The van der Waals surface area contributed by atoms with Crippen molar-refractivity contribution in [3.63, 3.8) is 0 Å². The molecule has 1 aliphatic rings. The Balaban J connectivity index is 2.05. The summed E-state index contributed by atoms with van der Waals surface area (Å²) in [5, 5.41) is 3.46. The molecule has 0 aliphatic heterocycles. The maximum absolute atomic E-state index is 12.5. The van der Waals surface area contributed by atoms with E-state index >= 15 is 0 Å². The number of nitrogens with one attached hydrogen (secondary N) is 1. The molecule has 3 nitrogen and oxygen atoms in total. The van der Waals surface area contributed by atoms with Crippen molar-refractivity contribution in [1.29, 1.82) is 0 Å². The SMILES string of the molecule is O=C1C(Cl)=C(Nc2ccc(Cl)cc2Cl)C(=O)c2ccccc21. The Morgan fingerprint density at radius 1 is 0.818 bits per heavy atom. The van der Waals surface area contributed by atoms with Crippen LogP contribution < -0.4 is 5.32 Å². The molecule has 0 unspecified atom stereocenters. The van der Waals surface area contributed by atoms with Crippen molar-refractivity contribution in [2.24, 2.45) is 0 Å². The van der Waals surface area contributed by atoms with Crippen LogP contribution in [0, 0.1) is 0 Å². The first-order valence-corrected chi connectivity index (χ1v) is 7.42. The molecule has 0 saturated heterocycles. The van der Waals surface area contributed by atoms with Gasteiger partial charge in [0.25, 0.3) is 0 Å². The lowest BCUT2D eigenvalue weighted by Crippen LogP contribution is -2.24. The van der Waals surface area contributed by atoms with Crippen molar-refractivity contribution in [1.82, 2.24) is 0 Å². The molecule has 0 fully saturated rings. The van der Waals surface area contributed by atoms with Gasteiger partial charge in [-0.15, -0.1) is 0 Å². The van der Waals surface area contributed by atoms with E-state index in [2.05, 4.69) is 5.32 Å². The van der Waals surface area contributed by atoms with Gasteiger partial charge in [0, 0.05) is 16.1 Å². The van der Waals surface area contributed by atoms with Gasteiger partial charge in [-0.05, 0) is 18.2 Å². The second-order valence-corrected chi connectivity index (χ2v) is 5.86. The molecule has 0 amide bonds. The third-order valence-electron chi connectivity index (χ3n) is 3.25. The average molecular weight is 353 g/mol. The van der Waals surface area contributed by atoms with Crippen LogP contribution >= 0.6 is 34.8 Å². The second-order valence-electron chi connectivity index (χ2n) is 4.64. The predicted molar refractivity (Wildman–Crippen MR) is 88.1 cm³/mol. The quantitative estimate of drug-likeness (QED) is 0.833. The molecule has 0 aromatic heterocycles. The van der Waals surface area contributed by atoms with E-state index in [0.29, 0.717) is 26.9 Å². The molecule has 0 heterocycles. The number of ketones is 2. The Morgan fingerprint density at radius 3 is 2.09 bits per heavy atom. The van der Waals surface area contributed by atoms with Crippen molar-refractivity contribution < 1.29 is 9.59 Å². The van der Waals surface area contributed by atoms with E-state index in [1.807, 2.05) is 0 Å². The highest BCUT2D eigenvalue weighted by molar-refractivity contribution is 6.50. The fourth-order valence-corrected chi connectivity index (χ4v) is 2.87. The molecule has 0 radical (unpaired) electrons. The summed E-state index contributed by atoms with van der Waals surface area (Å²) >= 11 is 18.0. The zero-order valence-electron chi connectivity index (χ0n) is 11.0. The number of carbonyl (C=O) groups is 2. The molecule has 2 aromatic rings. The van der Waals surface area contributed by atoms with Crippen molar-refractivity contribution in [3.05, 3.63) is 74.4 Å². The normalized spacial score (nSPS) is 14.1. The van der Waals surface area contributed by atoms with Crippen molar-refractivity contribution in [3.8, 4) is 0 Å². The van der Waals surface area contributed by atoms with Crippen LogP contribution in [0.5, 0.6) is 0 Å². The van der Waals surface area contributed by atoms with Gasteiger partial charge in [-0.1, -0.05) is 59.1 Å². The smallest absolute Gasteiger partial charge is 0.211 e. The van der Waals surface area contributed by atoms with E-state index in [4.69, 9.17) is 34.8 Å². The van der Waals surface area contributed by atoms with Crippen molar-refractivity contribution in [2.75, 3.05) is 5.32 Å². The molecular weight excluding hydrogens is 345 g/mol. The molecule has 0 atom stereocenters. The number of rotatable bonds is 2. The summed E-state index contributed by atoms with van der Waals surface area (Å²) in [6.07, 6.45) is 0. The summed E-state index contributed by atoms with van der Waals surface area (Å²) in [6, 6.07) is 11.3. The maximum Gasteiger partial charge on any atom is 0.211 e. The number of halogens is 3. The zero-order chi connectivity index (χ0) is 15.9. The monoisotopic (exact) mass is 351 g/mol.